The predicted molar refractivity (Wildman–Crippen MR) is 106 cm³/mol. The van der Waals surface area contributed by atoms with E-state index in [1.54, 1.807) is 0 Å². The number of benzene rings is 2. The Morgan fingerprint density at radius 1 is 1.15 bits per heavy atom. The third kappa shape index (κ3) is 4.63. The number of aliphatic carboxylic acids is 1. The summed E-state index contributed by atoms with van der Waals surface area (Å²) < 4.78 is 5.80. The van der Waals surface area contributed by atoms with Gasteiger partial charge in [-0.2, -0.15) is 0 Å². The minimum Gasteiger partial charge on any atom is -0.489 e. The van der Waals surface area contributed by atoms with Crippen LogP contribution in [0.3, 0.4) is 0 Å². The first kappa shape index (κ1) is 19.3. The normalized spacial score (nSPS) is 19.1. The van der Waals surface area contributed by atoms with Crippen LogP contribution >= 0.6 is 11.8 Å². The molecule has 1 fully saturated rings. The topological polar surface area (TPSA) is 66.8 Å². The highest BCUT2D eigenvalue weighted by Crippen LogP contribution is 2.42. The second-order valence-electron chi connectivity index (χ2n) is 6.43. The molecule has 1 heterocycles. The molecule has 5 nitrogen and oxygen atoms in total. The standard InChI is InChI=1S/C21H23NO4S/c1-2-6-19(23)22-18(21(24)25)14-27-20(22)16-9-11-17(12-10-16)26-13-15-7-4-3-5-8-15/h3-5,7-12,18,20H,2,6,13-14H2,1H3,(H,24,25). The van der Waals surface area contributed by atoms with Crippen LogP contribution < -0.4 is 4.74 Å². The second-order valence-corrected chi connectivity index (χ2v) is 7.55. The fourth-order valence-electron chi connectivity index (χ4n) is 3.07. The van der Waals surface area contributed by atoms with Crippen molar-refractivity contribution in [2.24, 2.45) is 0 Å². The first-order valence-corrected chi connectivity index (χ1v) is 10.1. The van der Waals surface area contributed by atoms with Gasteiger partial charge in [0, 0.05) is 12.2 Å². The van der Waals surface area contributed by atoms with Gasteiger partial charge in [0.25, 0.3) is 0 Å². The molecule has 0 saturated carbocycles. The molecule has 2 aromatic rings. The average molecular weight is 385 g/mol. The summed E-state index contributed by atoms with van der Waals surface area (Å²) in [5, 5.41) is 9.19. The highest BCUT2D eigenvalue weighted by Gasteiger charge is 2.41. The minimum atomic E-state index is -0.947. The number of rotatable bonds is 7. The molecule has 3 rings (SSSR count). The summed E-state index contributed by atoms with van der Waals surface area (Å²) in [6.07, 6.45) is 1.06. The lowest BCUT2D eigenvalue weighted by atomic mass is 10.1. The van der Waals surface area contributed by atoms with Crippen molar-refractivity contribution in [1.82, 2.24) is 4.90 Å². The quantitative estimate of drug-likeness (QED) is 0.777. The van der Waals surface area contributed by atoms with Crippen molar-refractivity contribution in [2.45, 2.75) is 37.8 Å². The zero-order valence-electron chi connectivity index (χ0n) is 15.2. The number of ether oxygens (including phenoxy) is 1. The largest absolute Gasteiger partial charge is 0.489 e. The van der Waals surface area contributed by atoms with E-state index in [1.807, 2.05) is 61.5 Å². The molecule has 0 radical (unpaired) electrons. The summed E-state index contributed by atoms with van der Waals surface area (Å²) in [6.45, 7) is 2.41. The summed E-state index contributed by atoms with van der Waals surface area (Å²) in [4.78, 5) is 25.6. The molecule has 0 spiro atoms. The second kappa shape index (κ2) is 8.95. The molecule has 142 valence electrons. The number of carbonyl (C=O) groups excluding carboxylic acids is 1. The maximum Gasteiger partial charge on any atom is 0.327 e. The Balaban J connectivity index is 1.71. The molecular weight excluding hydrogens is 362 g/mol. The van der Waals surface area contributed by atoms with Gasteiger partial charge in [0.15, 0.2) is 0 Å². The lowest BCUT2D eigenvalue weighted by Gasteiger charge is -2.27. The third-order valence-corrected chi connectivity index (χ3v) is 5.77. The van der Waals surface area contributed by atoms with Crippen LogP contribution in [0.1, 0.15) is 36.3 Å². The van der Waals surface area contributed by atoms with E-state index in [0.717, 1.165) is 16.9 Å². The van der Waals surface area contributed by atoms with Crippen molar-refractivity contribution in [3.05, 3.63) is 65.7 Å². The number of carboxylic acid groups (broad SMARTS) is 1. The number of hydrogen-bond donors (Lipinski definition) is 1. The van der Waals surface area contributed by atoms with E-state index in [2.05, 4.69) is 0 Å². The molecule has 1 N–H and O–H groups in total. The summed E-state index contributed by atoms with van der Waals surface area (Å²) >= 11 is 1.49. The summed E-state index contributed by atoms with van der Waals surface area (Å²) in [7, 11) is 0. The van der Waals surface area contributed by atoms with Gasteiger partial charge in [-0.05, 0) is 29.7 Å². The Hall–Kier alpha value is -2.47. The van der Waals surface area contributed by atoms with Gasteiger partial charge >= 0.3 is 5.97 Å². The van der Waals surface area contributed by atoms with Crippen LogP contribution in [-0.4, -0.2) is 33.7 Å². The molecular formula is C21H23NO4S. The smallest absolute Gasteiger partial charge is 0.327 e. The van der Waals surface area contributed by atoms with Crippen LogP contribution in [0.15, 0.2) is 54.6 Å². The Labute approximate surface area is 163 Å². The molecule has 0 aliphatic carbocycles. The maximum absolute atomic E-state index is 12.5. The molecule has 1 aliphatic heterocycles. The molecule has 27 heavy (non-hydrogen) atoms. The number of carbonyl (C=O) groups is 2. The minimum absolute atomic E-state index is 0.107. The highest BCUT2D eigenvalue weighted by molar-refractivity contribution is 7.99. The van der Waals surface area contributed by atoms with Gasteiger partial charge in [-0.25, -0.2) is 4.79 Å². The summed E-state index contributed by atoms with van der Waals surface area (Å²) in [5.41, 5.74) is 2.01. The molecule has 2 atom stereocenters. The highest BCUT2D eigenvalue weighted by atomic mass is 32.2. The lowest BCUT2D eigenvalue weighted by Crippen LogP contribution is -2.42. The molecule has 6 heteroatoms. The van der Waals surface area contributed by atoms with Crippen LogP contribution in [0, 0.1) is 0 Å². The SMILES string of the molecule is CCCC(=O)N1C(C(=O)O)CSC1c1ccc(OCc2ccccc2)cc1. The van der Waals surface area contributed by atoms with Gasteiger partial charge in [-0.1, -0.05) is 49.4 Å². The predicted octanol–water partition coefficient (Wildman–Crippen LogP) is 4.09. The van der Waals surface area contributed by atoms with Gasteiger partial charge in [0.05, 0.1) is 0 Å². The van der Waals surface area contributed by atoms with E-state index in [4.69, 9.17) is 4.74 Å². The molecule has 1 amide bonds. The van der Waals surface area contributed by atoms with Crippen molar-refractivity contribution >= 4 is 23.6 Å². The van der Waals surface area contributed by atoms with Gasteiger partial charge in [-0.15, -0.1) is 11.8 Å². The molecule has 1 saturated heterocycles. The molecule has 0 bridgehead atoms. The van der Waals surface area contributed by atoms with E-state index in [0.29, 0.717) is 25.2 Å². The van der Waals surface area contributed by atoms with Gasteiger partial charge in [0.2, 0.25) is 5.91 Å². The van der Waals surface area contributed by atoms with Crippen LogP contribution in [0.25, 0.3) is 0 Å². The molecule has 2 unspecified atom stereocenters. The maximum atomic E-state index is 12.5. The van der Waals surface area contributed by atoms with E-state index in [9.17, 15) is 14.7 Å². The van der Waals surface area contributed by atoms with Crippen molar-refractivity contribution in [3.63, 3.8) is 0 Å². The Morgan fingerprint density at radius 3 is 2.48 bits per heavy atom. The van der Waals surface area contributed by atoms with E-state index < -0.39 is 12.0 Å². The van der Waals surface area contributed by atoms with Crippen molar-refractivity contribution < 1.29 is 19.4 Å². The van der Waals surface area contributed by atoms with Crippen LogP contribution in [0.4, 0.5) is 0 Å². The average Bonchev–Trinajstić information content (AvgIpc) is 3.13. The Kier molecular flexibility index (Phi) is 6.40. The molecule has 0 aromatic heterocycles. The Morgan fingerprint density at radius 2 is 1.85 bits per heavy atom. The Bertz CT molecular complexity index is 779. The zero-order chi connectivity index (χ0) is 19.2. The number of hydrogen-bond acceptors (Lipinski definition) is 4. The molecule has 2 aromatic carbocycles. The first-order chi connectivity index (χ1) is 13.1. The number of carboxylic acids is 1. The van der Waals surface area contributed by atoms with Crippen molar-refractivity contribution in [3.8, 4) is 5.75 Å². The first-order valence-electron chi connectivity index (χ1n) is 9.02. The van der Waals surface area contributed by atoms with Gasteiger partial charge in [-0.3, -0.25) is 4.79 Å². The summed E-state index contributed by atoms with van der Waals surface area (Å²) in [5.74, 6) is 0.0928. The van der Waals surface area contributed by atoms with E-state index in [-0.39, 0.29) is 11.3 Å². The van der Waals surface area contributed by atoms with Gasteiger partial charge in [0.1, 0.15) is 23.8 Å². The number of thioether (sulfide) groups is 1. The monoisotopic (exact) mass is 385 g/mol. The number of nitrogens with zero attached hydrogens (tertiary/aromatic N) is 1. The van der Waals surface area contributed by atoms with Crippen LogP contribution in [0.2, 0.25) is 0 Å². The van der Waals surface area contributed by atoms with Gasteiger partial charge < -0.3 is 14.7 Å². The van der Waals surface area contributed by atoms with Crippen molar-refractivity contribution in [2.75, 3.05) is 5.75 Å². The van der Waals surface area contributed by atoms with Crippen molar-refractivity contribution in [1.29, 1.82) is 0 Å². The van der Waals surface area contributed by atoms with E-state index >= 15 is 0 Å². The van der Waals surface area contributed by atoms with Crippen LogP contribution in [-0.2, 0) is 16.2 Å². The zero-order valence-corrected chi connectivity index (χ0v) is 16.0. The number of amides is 1. The third-order valence-electron chi connectivity index (χ3n) is 4.45. The fraction of sp³-hybridized carbons (Fsp3) is 0.333. The lowest BCUT2D eigenvalue weighted by molar-refractivity contribution is -0.149. The van der Waals surface area contributed by atoms with E-state index in [1.165, 1.54) is 16.7 Å². The summed E-state index contributed by atoms with van der Waals surface area (Å²) in [6, 6.07) is 16.7. The fourth-order valence-corrected chi connectivity index (χ4v) is 4.51. The molecule has 1 aliphatic rings. The van der Waals surface area contributed by atoms with Crippen LogP contribution in [0.5, 0.6) is 5.75 Å².